The fourth-order valence-electron chi connectivity index (χ4n) is 4.13. The summed E-state index contributed by atoms with van der Waals surface area (Å²) in [6, 6.07) is 21.7. The van der Waals surface area contributed by atoms with E-state index in [0.717, 1.165) is 22.2 Å². The molecular weight excluding hydrogens is 377 g/mol. The Bertz CT molecular complexity index is 1240. The average Bonchev–Trinajstić information content (AvgIpc) is 3.11. The van der Waals surface area contributed by atoms with Crippen LogP contribution in [0.5, 0.6) is 0 Å². The molecule has 1 atom stereocenters. The van der Waals surface area contributed by atoms with Crippen LogP contribution in [0.1, 0.15) is 22.0 Å². The fraction of sp³-hybridized carbons (Fsp3) is 0.120. The van der Waals surface area contributed by atoms with Crippen LogP contribution in [-0.2, 0) is 6.54 Å². The van der Waals surface area contributed by atoms with Gasteiger partial charge in [-0.1, -0.05) is 42.5 Å². The molecule has 4 nitrogen and oxygen atoms in total. The monoisotopic (exact) mass is 397 g/mol. The Morgan fingerprint density at radius 1 is 1.03 bits per heavy atom. The van der Waals surface area contributed by atoms with E-state index in [4.69, 9.17) is 4.98 Å². The summed E-state index contributed by atoms with van der Waals surface area (Å²) in [6.45, 7) is 5.03. The molecule has 5 heteroatoms. The molecule has 2 heterocycles. The maximum Gasteiger partial charge on any atom is 0.256 e. The van der Waals surface area contributed by atoms with E-state index in [0.29, 0.717) is 24.5 Å². The van der Waals surface area contributed by atoms with Gasteiger partial charge in [-0.05, 0) is 42.0 Å². The van der Waals surface area contributed by atoms with Crippen LogP contribution in [0.3, 0.4) is 0 Å². The van der Waals surface area contributed by atoms with E-state index in [1.807, 2.05) is 59.5 Å². The van der Waals surface area contributed by atoms with Crippen molar-refractivity contribution in [3.05, 3.63) is 102 Å². The van der Waals surface area contributed by atoms with E-state index in [9.17, 15) is 9.18 Å². The van der Waals surface area contributed by atoms with Crippen molar-refractivity contribution in [2.45, 2.75) is 12.6 Å². The van der Waals surface area contributed by atoms with E-state index in [2.05, 4.69) is 11.1 Å². The number of para-hydroxylation sites is 1. The number of amides is 1. The highest BCUT2D eigenvalue weighted by Gasteiger charge is 2.31. The molecule has 1 amide bonds. The van der Waals surface area contributed by atoms with E-state index < -0.39 is 0 Å². The molecule has 1 aliphatic heterocycles. The third-order valence-electron chi connectivity index (χ3n) is 5.56. The summed E-state index contributed by atoms with van der Waals surface area (Å²) < 4.78 is 15.6. The largest absolute Gasteiger partial charge is 0.332 e. The van der Waals surface area contributed by atoms with Crippen molar-refractivity contribution in [2.24, 2.45) is 0 Å². The molecule has 148 valence electrons. The van der Waals surface area contributed by atoms with Gasteiger partial charge < -0.3 is 9.47 Å². The molecule has 0 N–H and O–H groups in total. The number of halogens is 1. The number of benzene rings is 3. The minimum absolute atomic E-state index is 0.0272. The number of hydrogen-bond acceptors (Lipinski definition) is 2. The molecule has 0 saturated carbocycles. The van der Waals surface area contributed by atoms with Gasteiger partial charge in [0, 0.05) is 18.7 Å². The number of aromatic nitrogens is 2. The van der Waals surface area contributed by atoms with Gasteiger partial charge >= 0.3 is 0 Å². The second-order valence-corrected chi connectivity index (χ2v) is 7.46. The Morgan fingerprint density at radius 3 is 2.53 bits per heavy atom. The molecular formula is C25H20FN3O. The van der Waals surface area contributed by atoms with Crippen molar-refractivity contribution >= 4 is 16.9 Å². The third kappa shape index (κ3) is 2.99. The number of carbonyl (C=O) groups is 1. The molecule has 0 saturated heterocycles. The van der Waals surface area contributed by atoms with E-state index in [1.165, 1.54) is 12.1 Å². The number of imidazole rings is 1. The Balaban J connectivity index is 1.68. The highest BCUT2D eigenvalue weighted by Crippen LogP contribution is 2.34. The summed E-state index contributed by atoms with van der Waals surface area (Å²) in [6.07, 6.45) is 1.85. The second-order valence-electron chi connectivity index (χ2n) is 7.46. The molecule has 0 fully saturated rings. The molecule has 0 bridgehead atoms. The Labute approximate surface area is 173 Å². The van der Waals surface area contributed by atoms with Crippen LogP contribution < -0.4 is 0 Å². The molecule has 5 rings (SSSR count). The van der Waals surface area contributed by atoms with Gasteiger partial charge in [0.05, 0.1) is 22.6 Å². The first-order valence-corrected chi connectivity index (χ1v) is 9.88. The third-order valence-corrected chi connectivity index (χ3v) is 5.56. The SMILES string of the molecule is C=C[C@@H]1CN(Cc2ccccc2)C(=O)c2cccc3nc(-c4ccc(F)cc4)n1c23. The van der Waals surface area contributed by atoms with Crippen molar-refractivity contribution in [2.75, 3.05) is 6.54 Å². The van der Waals surface area contributed by atoms with E-state index in [1.54, 1.807) is 12.1 Å². The summed E-state index contributed by atoms with van der Waals surface area (Å²) in [5.74, 6) is 0.383. The number of hydrogen-bond donors (Lipinski definition) is 0. The summed E-state index contributed by atoms with van der Waals surface area (Å²) in [5.41, 5.74) is 4.03. The molecule has 0 aliphatic carbocycles. The Kier molecular flexibility index (Phi) is 4.43. The van der Waals surface area contributed by atoms with Crippen molar-refractivity contribution in [1.82, 2.24) is 14.5 Å². The van der Waals surface area contributed by atoms with Crippen molar-refractivity contribution in [1.29, 1.82) is 0 Å². The lowest BCUT2D eigenvalue weighted by Crippen LogP contribution is -2.33. The lowest BCUT2D eigenvalue weighted by Gasteiger charge is -2.25. The Morgan fingerprint density at radius 2 is 1.80 bits per heavy atom. The predicted molar refractivity (Wildman–Crippen MR) is 116 cm³/mol. The molecule has 1 aliphatic rings. The van der Waals surface area contributed by atoms with Gasteiger partial charge in [-0.15, -0.1) is 6.58 Å². The summed E-state index contributed by atoms with van der Waals surface area (Å²) in [4.78, 5) is 20.1. The van der Waals surface area contributed by atoms with Gasteiger partial charge in [0.2, 0.25) is 0 Å². The smallest absolute Gasteiger partial charge is 0.256 e. The zero-order valence-corrected chi connectivity index (χ0v) is 16.3. The standard InChI is InChI=1S/C25H20FN3O/c1-2-20-16-28(15-17-7-4-3-5-8-17)25(30)21-9-6-10-22-23(21)29(20)24(27-22)18-11-13-19(26)14-12-18/h2-14,20H,1,15-16H2/t20-/m1/s1. The summed E-state index contributed by atoms with van der Waals surface area (Å²) in [5, 5.41) is 0. The highest BCUT2D eigenvalue weighted by molar-refractivity contribution is 6.06. The Hall–Kier alpha value is -3.73. The van der Waals surface area contributed by atoms with Crippen LogP contribution >= 0.6 is 0 Å². The zero-order chi connectivity index (χ0) is 20.7. The molecule has 4 aromatic rings. The van der Waals surface area contributed by atoms with E-state index in [-0.39, 0.29) is 17.8 Å². The molecule has 1 aromatic heterocycles. The normalized spacial score (nSPS) is 16.0. The maximum atomic E-state index is 13.5. The molecule has 0 unspecified atom stereocenters. The summed E-state index contributed by atoms with van der Waals surface area (Å²) in [7, 11) is 0. The predicted octanol–water partition coefficient (Wildman–Crippen LogP) is 5.23. The molecule has 0 spiro atoms. The van der Waals surface area contributed by atoms with Crippen LogP contribution in [0.2, 0.25) is 0 Å². The number of nitrogens with zero attached hydrogens (tertiary/aromatic N) is 3. The quantitative estimate of drug-likeness (QED) is 0.443. The number of carbonyl (C=O) groups excluding carboxylic acids is 1. The van der Waals surface area contributed by atoms with Crippen LogP contribution in [-0.4, -0.2) is 26.9 Å². The first-order chi connectivity index (χ1) is 14.7. The lowest BCUT2D eigenvalue weighted by molar-refractivity contribution is 0.0738. The second kappa shape index (κ2) is 7.26. The van der Waals surface area contributed by atoms with Crippen LogP contribution in [0.25, 0.3) is 22.4 Å². The van der Waals surface area contributed by atoms with Gasteiger partial charge in [0.15, 0.2) is 0 Å². The van der Waals surface area contributed by atoms with Crippen molar-refractivity contribution in [3.8, 4) is 11.4 Å². The van der Waals surface area contributed by atoms with Crippen LogP contribution in [0.15, 0.2) is 85.5 Å². The van der Waals surface area contributed by atoms with Gasteiger partial charge in [0.1, 0.15) is 11.6 Å². The summed E-state index contributed by atoms with van der Waals surface area (Å²) >= 11 is 0. The van der Waals surface area contributed by atoms with Gasteiger partial charge in [-0.3, -0.25) is 4.79 Å². The molecule has 30 heavy (non-hydrogen) atoms. The van der Waals surface area contributed by atoms with Crippen molar-refractivity contribution < 1.29 is 9.18 Å². The maximum absolute atomic E-state index is 13.5. The zero-order valence-electron chi connectivity index (χ0n) is 16.3. The molecule has 0 radical (unpaired) electrons. The van der Waals surface area contributed by atoms with E-state index >= 15 is 0 Å². The highest BCUT2D eigenvalue weighted by atomic mass is 19.1. The minimum Gasteiger partial charge on any atom is -0.332 e. The van der Waals surface area contributed by atoms with Gasteiger partial charge in [-0.2, -0.15) is 0 Å². The fourth-order valence-corrected chi connectivity index (χ4v) is 4.13. The first-order valence-electron chi connectivity index (χ1n) is 9.88. The first kappa shape index (κ1) is 18.3. The number of rotatable bonds is 4. The minimum atomic E-state index is -0.295. The topological polar surface area (TPSA) is 38.1 Å². The van der Waals surface area contributed by atoms with Gasteiger partial charge in [-0.25, -0.2) is 9.37 Å². The van der Waals surface area contributed by atoms with Gasteiger partial charge in [0.25, 0.3) is 5.91 Å². The van der Waals surface area contributed by atoms with Crippen LogP contribution in [0, 0.1) is 5.82 Å². The lowest BCUT2D eigenvalue weighted by atomic mass is 10.1. The van der Waals surface area contributed by atoms with Crippen molar-refractivity contribution in [3.63, 3.8) is 0 Å². The van der Waals surface area contributed by atoms with Crippen LogP contribution in [0.4, 0.5) is 4.39 Å². The average molecular weight is 397 g/mol. The molecule has 3 aromatic carbocycles.